The van der Waals surface area contributed by atoms with Crippen molar-refractivity contribution in [1.82, 2.24) is 9.78 Å². The molecule has 0 unspecified atom stereocenters. The Morgan fingerprint density at radius 2 is 2.22 bits per heavy atom. The van der Waals surface area contributed by atoms with Gasteiger partial charge in [0.1, 0.15) is 6.54 Å². The van der Waals surface area contributed by atoms with Gasteiger partial charge in [0, 0.05) is 16.8 Å². The fourth-order valence-corrected chi connectivity index (χ4v) is 2.02. The molecule has 1 aromatic heterocycles. The predicted octanol–water partition coefficient (Wildman–Crippen LogP) is 1.84. The number of fused-ring (bicyclic) bond motifs is 1. The van der Waals surface area contributed by atoms with Gasteiger partial charge in [-0.3, -0.25) is 14.3 Å². The zero-order valence-electron chi connectivity index (χ0n) is 9.48. The number of amides is 1. The van der Waals surface area contributed by atoms with E-state index in [1.54, 1.807) is 18.2 Å². The number of nitrogens with one attached hydrogen (secondary N) is 1. The van der Waals surface area contributed by atoms with Crippen molar-refractivity contribution in [3.05, 3.63) is 22.7 Å². The van der Waals surface area contributed by atoms with Crippen LogP contribution in [0.15, 0.2) is 22.7 Å². The number of carboxylic acids is 1. The van der Waals surface area contributed by atoms with Gasteiger partial charge < -0.3 is 10.4 Å². The Morgan fingerprint density at radius 1 is 1.50 bits per heavy atom. The second-order valence-electron chi connectivity index (χ2n) is 3.74. The first-order valence-corrected chi connectivity index (χ1v) is 5.92. The molecule has 94 valence electrons. The molecule has 18 heavy (non-hydrogen) atoms. The van der Waals surface area contributed by atoms with Crippen molar-refractivity contribution in [2.45, 2.75) is 13.5 Å². The molecule has 0 aliphatic rings. The average Bonchev–Trinajstić information content (AvgIpc) is 2.54. The molecular formula is C11H10BrN3O3. The van der Waals surface area contributed by atoms with E-state index in [1.807, 2.05) is 0 Å². The average molecular weight is 312 g/mol. The van der Waals surface area contributed by atoms with Crippen LogP contribution in [-0.4, -0.2) is 26.8 Å². The number of carbonyl (C=O) groups is 2. The molecule has 2 N–H and O–H groups in total. The Bertz CT molecular complexity index is 636. The van der Waals surface area contributed by atoms with Crippen LogP contribution < -0.4 is 5.32 Å². The molecule has 0 fully saturated rings. The van der Waals surface area contributed by atoms with Gasteiger partial charge in [0.05, 0.1) is 5.52 Å². The highest BCUT2D eigenvalue weighted by atomic mass is 79.9. The van der Waals surface area contributed by atoms with E-state index in [0.717, 1.165) is 4.47 Å². The monoisotopic (exact) mass is 311 g/mol. The predicted molar refractivity (Wildman–Crippen MR) is 69.4 cm³/mol. The van der Waals surface area contributed by atoms with Crippen LogP contribution in [0.1, 0.15) is 6.92 Å². The third-order valence-corrected chi connectivity index (χ3v) is 2.79. The lowest BCUT2D eigenvalue weighted by Crippen LogP contribution is -2.11. The van der Waals surface area contributed by atoms with Gasteiger partial charge in [0.25, 0.3) is 0 Å². The highest BCUT2D eigenvalue weighted by Crippen LogP contribution is 2.26. The summed E-state index contributed by atoms with van der Waals surface area (Å²) in [6.07, 6.45) is 0. The van der Waals surface area contributed by atoms with E-state index in [1.165, 1.54) is 11.6 Å². The zero-order chi connectivity index (χ0) is 13.3. The van der Waals surface area contributed by atoms with Crippen molar-refractivity contribution in [3.63, 3.8) is 0 Å². The lowest BCUT2D eigenvalue weighted by Gasteiger charge is -1.98. The normalized spacial score (nSPS) is 10.6. The minimum absolute atomic E-state index is 0.252. The number of hydrogen-bond acceptors (Lipinski definition) is 3. The largest absolute Gasteiger partial charge is 0.480 e. The van der Waals surface area contributed by atoms with Crippen molar-refractivity contribution in [2.24, 2.45) is 0 Å². The van der Waals surface area contributed by atoms with Crippen LogP contribution in [0.4, 0.5) is 5.82 Å². The molecular weight excluding hydrogens is 302 g/mol. The summed E-state index contributed by atoms with van der Waals surface area (Å²) in [6.45, 7) is 1.12. The van der Waals surface area contributed by atoms with Crippen LogP contribution in [0, 0.1) is 0 Å². The maximum atomic E-state index is 11.1. The summed E-state index contributed by atoms with van der Waals surface area (Å²) in [6, 6.07) is 5.33. The van der Waals surface area contributed by atoms with Crippen LogP contribution in [0.25, 0.3) is 10.9 Å². The first-order valence-electron chi connectivity index (χ1n) is 5.13. The minimum Gasteiger partial charge on any atom is -0.480 e. The molecule has 1 aromatic carbocycles. The summed E-state index contributed by atoms with van der Waals surface area (Å²) >= 11 is 3.33. The number of benzene rings is 1. The molecule has 0 aliphatic carbocycles. The topological polar surface area (TPSA) is 84.2 Å². The van der Waals surface area contributed by atoms with Crippen molar-refractivity contribution in [3.8, 4) is 0 Å². The van der Waals surface area contributed by atoms with E-state index in [4.69, 9.17) is 5.11 Å². The number of nitrogens with zero attached hydrogens (tertiary/aromatic N) is 2. The van der Waals surface area contributed by atoms with Crippen molar-refractivity contribution in [1.29, 1.82) is 0 Å². The standard InChI is InChI=1S/C11H10BrN3O3/c1-6(16)13-11-8-4-7(12)2-3-9(8)15(14-11)5-10(17)18/h2-4H,5H2,1H3,(H,17,18)(H,13,14,16). The Labute approximate surface area is 111 Å². The van der Waals surface area contributed by atoms with Gasteiger partial charge in [-0.15, -0.1) is 0 Å². The van der Waals surface area contributed by atoms with Crippen LogP contribution in [-0.2, 0) is 16.1 Å². The molecule has 1 heterocycles. The fraction of sp³-hybridized carbons (Fsp3) is 0.182. The molecule has 0 radical (unpaired) electrons. The number of anilines is 1. The summed E-state index contributed by atoms with van der Waals surface area (Å²) in [7, 11) is 0. The number of halogens is 1. The Kier molecular flexibility index (Phi) is 3.33. The first-order chi connectivity index (χ1) is 8.47. The second-order valence-corrected chi connectivity index (χ2v) is 4.66. The van der Waals surface area contributed by atoms with E-state index < -0.39 is 5.97 Å². The van der Waals surface area contributed by atoms with E-state index in [9.17, 15) is 9.59 Å². The maximum absolute atomic E-state index is 11.1. The number of carbonyl (C=O) groups excluding carboxylic acids is 1. The van der Waals surface area contributed by atoms with Gasteiger partial charge in [-0.2, -0.15) is 5.10 Å². The van der Waals surface area contributed by atoms with E-state index in [0.29, 0.717) is 16.7 Å². The van der Waals surface area contributed by atoms with Gasteiger partial charge >= 0.3 is 5.97 Å². The highest BCUT2D eigenvalue weighted by molar-refractivity contribution is 9.10. The first kappa shape index (κ1) is 12.6. The summed E-state index contributed by atoms with van der Waals surface area (Å²) in [5, 5.41) is 16.2. The SMILES string of the molecule is CC(=O)Nc1nn(CC(=O)O)c2ccc(Br)cc12. The molecule has 6 nitrogen and oxygen atoms in total. The van der Waals surface area contributed by atoms with Crippen LogP contribution in [0.2, 0.25) is 0 Å². The Balaban J connectivity index is 2.59. The van der Waals surface area contributed by atoms with Crippen molar-refractivity contribution in [2.75, 3.05) is 5.32 Å². The van der Waals surface area contributed by atoms with Crippen LogP contribution in [0.5, 0.6) is 0 Å². The Hall–Kier alpha value is -1.89. The molecule has 0 saturated heterocycles. The minimum atomic E-state index is -0.989. The molecule has 0 aliphatic heterocycles. The fourth-order valence-electron chi connectivity index (χ4n) is 1.66. The lowest BCUT2D eigenvalue weighted by molar-refractivity contribution is -0.137. The molecule has 1 amide bonds. The third kappa shape index (κ3) is 2.51. The number of rotatable bonds is 3. The summed E-state index contributed by atoms with van der Waals surface area (Å²) in [5.74, 6) is -0.881. The third-order valence-electron chi connectivity index (χ3n) is 2.29. The Morgan fingerprint density at radius 3 is 2.83 bits per heavy atom. The lowest BCUT2D eigenvalue weighted by atomic mass is 10.2. The molecule has 2 rings (SSSR count). The molecule has 0 atom stereocenters. The number of aromatic nitrogens is 2. The van der Waals surface area contributed by atoms with Crippen molar-refractivity contribution < 1.29 is 14.7 Å². The quantitative estimate of drug-likeness (QED) is 0.906. The van der Waals surface area contributed by atoms with Gasteiger partial charge in [0.15, 0.2) is 5.82 Å². The molecule has 2 aromatic rings. The van der Waals surface area contributed by atoms with E-state index in [2.05, 4.69) is 26.3 Å². The number of hydrogen-bond donors (Lipinski definition) is 2. The zero-order valence-corrected chi connectivity index (χ0v) is 11.1. The summed E-state index contributed by atoms with van der Waals surface area (Å²) in [5.41, 5.74) is 0.657. The van der Waals surface area contributed by atoms with Crippen molar-refractivity contribution >= 4 is 44.5 Å². The van der Waals surface area contributed by atoms with Crippen LogP contribution in [0.3, 0.4) is 0 Å². The molecule has 0 bridgehead atoms. The van der Waals surface area contributed by atoms with Gasteiger partial charge in [0.2, 0.25) is 5.91 Å². The van der Waals surface area contributed by atoms with Crippen LogP contribution >= 0.6 is 15.9 Å². The summed E-state index contributed by atoms with van der Waals surface area (Å²) < 4.78 is 2.17. The summed E-state index contributed by atoms with van der Waals surface area (Å²) in [4.78, 5) is 21.8. The highest BCUT2D eigenvalue weighted by Gasteiger charge is 2.13. The second kappa shape index (κ2) is 4.77. The van der Waals surface area contributed by atoms with Gasteiger partial charge in [-0.1, -0.05) is 15.9 Å². The van der Waals surface area contributed by atoms with E-state index in [-0.39, 0.29) is 12.5 Å². The van der Waals surface area contributed by atoms with E-state index >= 15 is 0 Å². The molecule has 0 saturated carbocycles. The smallest absolute Gasteiger partial charge is 0.325 e. The number of carboxylic acid groups (broad SMARTS) is 1. The number of aliphatic carboxylic acids is 1. The maximum Gasteiger partial charge on any atom is 0.325 e. The van der Waals surface area contributed by atoms with Gasteiger partial charge in [-0.05, 0) is 18.2 Å². The molecule has 0 spiro atoms. The van der Waals surface area contributed by atoms with Gasteiger partial charge in [-0.25, -0.2) is 0 Å². The molecule has 7 heteroatoms.